The third kappa shape index (κ3) is 3.15. The topological polar surface area (TPSA) is 72.9 Å². The molecule has 0 aliphatic heterocycles. The monoisotopic (exact) mass is 320 g/mol. The van der Waals surface area contributed by atoms with E-state index < -0.39 is 5.41 Å². The Bertz CT molecular complexity index is 627. The van der Waals surface area contributed by atoms with Crippen LogP contribution >= 0.6 is 11.6 Å². The lowest BCUT2D eigenvalue weighted by Crippen LogP contribution is -2.41. The zero-order valence-corrected chi connectivity index (χ0v) is 13.6. The number of carbonyl (C=O) groups excluding carboxylic acids is 1. The summed E-state index contributed by atoms with van der Waals surface area (Å²) in [5, 5.41) is 7.58. The zero-order valence-electron chi connectivity index (χ0n) is 12.8. The van der Waals surface area contributed by atoms with Crippen molar-refractivity contribution in [2.75, 3.05) is 11.9 Å². The minimum atomic E-state index is -0.535. The van der Waals surface area contributed by atoms with Crippen molar-refractivity contribution in [2.45, 2.75) is 26.7 Å². The molecule has 2 aromatic rings. The van der Waals surface area contributed by atoms with Crippen molar-refractivity contribution in [1.29, 1.82) is 0 Å². The molecule has 0 spiro atoms. The second-order valence-electron chi connectivity index (χ2n) is 5.26. The molecular formula is C16H21ClN4O. The van der Waals surface area contributed by atoms with Crippen molar-refractivity contribution in [3.05, 3.63) is 41.7 Å². The molecule has 0 fully saturated rings. The van der Waals surface area contributed by atoms with Crippen LogP contribution in [-0.2, 0) is 4.79 Å². The number of amides is 1. The van der Waals surface area contributed by atoms with E-state index in [0.717, 1.165) is 5.69 Å². The van der Waals surface area contributed by atoms with Crippen molar-refractivity contribution in [1.82, 2.24) is 9.78 Å². The maximum absolute atomic E-state index is 12.5. The number of aromatic nitrogens is 2. The van der Waals surface area contributed by atoms with Gasteiger partial charge in [0.2, 0.25) is 5.91 Å². The highest BCUT2D eigenvalue weighted by atomic mass is 35.5. The van der Waals surface area contributed by atoms with E-state index in [9.17, 15) is 4.79 Å². The molecule has 3 N–H and O–H groups in total. The first kappa shape index (κ1) is 16.5. The Morgan fingerprint density at radius 2 is 2.14 bits per heavy atom. The van der Waals surface area contributed by atoms with E-state index in [1.165, 1.54) is 0 Å². The van der Waals surface area contributed by atoms with Crippen LogP contribution < -0.4 is 11.1 Å². The Hall–Kier alpha value is -1.85. The summed E-state index contributed by atoms with van der Waals surface area (Å²) in [6, 6.07) is 7.19. The van der Waals surface area contributed by atoms with Gasteiger partial charge < -0.3 is 11.1 Å². The van der Waals surface area contributed by atoms with Crippen molar-refractivity contribution in [3.63, 3.8) is 0 Å². The Kier molecular flexibility index (Phi) is 5.21. The molecule has 2 rings (SSSR count). The van der Waals surface area contributed by atoms with Crippen LogP contribution in [0.1, 0.15) is 26.7 Å². The highest BCUT2D eigenvalue weighted by Crippen LogP contribution is 2.29. The van der Waals surface area contributed by atoms with Gasteiger partial charge in [-0.2, -0.15) is 5.10 Å². The summed E-state index contributed by atoms with van der Waals surface area (Å²) < 4.78 is 1.68. The van der Waals surface area contributed by atoms with Crippen LogP contribution in [0.4, 0.5) is 5.69 Å². The first-order valence-electron chi connectivity index (χ1n) is 7.37. The highest BCUT2D eigenvalue weighted by Gasteiger charge is 2.33. The minimum absolute atomic E-state index is 0.0668. The SMILES string of the molecule is CCC(CC)(CN)C(=O)Nc1ccc(-n2cccn2)c(Cl)c1. The fourth-order valence-electron chi connectivity index (χ4n) is 2.40. The minimum Gasteiger partial charge on any atom is -0.329 e. The lowest BCUT2D eigenvalue weighted by molar-refractivity contribution is -0.125. The molecular weight excluding hydrogens is 300 g/mol. The van der Waals surface area contributed by atoms with Crippen LogP contribution in [0.3, 0.4) is 0 Å². The number of nitrogens with zero attached hydrogens (tertiary/aromatic N) is 2. The fraction of sp³-hybridized carbons (Fsp3) is 0.375. The Balaban J connectivity index is 2.21. The normalized spacial score (nSPS) is 11.5. The van der Waals surface area contributed by atoms with Gasteiger partial charge in [-0.05, 0) is 37.1 Å². The fourth-order valence-corrected chi connectivity index (χ4v) is 2.67. The Morgan fingerprint density at radius 1 is 1.41 bits per heavy atom. The zero-order chi connectivity index (χ0) is 16.2. The second kappa shape index (κ2) is 6.94. The molecule has 1 aromatic heterocycles. The summed E-state index contributed by atoms with van der Waals surface area (Å²) in [6.07, 6.45) is 4.90. The van der Waals surface area contributed by atoms with Crippen LogP contribution in [0.15, 0.2) is 36.7 Å². The van der Waals surface area contributed by atoms with E-state index in [2.05, 4.69) is 10.4 Å². The Morgan fingerprint density at radius 3 is 2.64 bits per heavy atom. The standard InChI is InChI=1S/C16H21ClN4O/c1-3-16(4-2,11-18)15(22)20-12-6-7-14(13(17)10-12)21-9-5-8-19-21/h5-10H,3-4,11,18H2,1-2H3,(H,20,22). The molecule has 6 heteroatoms. The summed E-state index contributed by atoms with van der Waals surface area (Å²) in [7, 11) is 0. The molecule has 1 amide bonds. The van der Waals surface area contributed by atoms with E-state index in [-0.39, 0.29) is 5.91 Å². The van der Waals surface area contributed by atoms with Crippen LogP contribution in [0, 0.1) is 5.41 Å². The third-order valence-electron chi connectivity index (χ3n) is 4.18. The number of carbonyl (C=O) groups is 1. The van der Waals surface area contributed by atoms with Crippen LogP contribution in [-0.4, -0.2) is 22.2 Å². The lowest BCUT2D eigenvalue weighted by Gasteiger charge is -2.28. The molecule has 1 aromatic carbocycles. The van der Waals surface area contributed by atoms with E-state index in [1.807, 2.05) is 38.2 Å². The number of nitrogens with one attached hydrogen (secondary N) is 1. The molecule has 0 unspecified atom stereocenters. The first-order valence-corrected chi connectivity index (χ1v) is 7.75. The molecule has 1 heterocycles. The van der Waals surface area contributed by atoms with Gasteiger partial charge in [0, 0.05) is 24.6 Å². The molecule has 0 atom stereocenters. The van der Waals surface area contributed by atoms with Gasteiger partial charge >= 0.3 is 0 Å². The van der Waals surface area contributed by atoms with Gasteiger partial charge in [0.25, 0.3) is 0 Å². The average Bonchev–Trinajstić information content (AvgIpc) is 3.04. The van der Waals surface area contributed by atoms with Gasteiger partial charge in [0.1, 0.15) is 0 Å². The molecule has 0 bridgehead atoms. The van der Waals surface area contributed by atoms with Gasteiger partial charge in [-0.3, -0.25) is 4.79 Å². The number of halogens is 1. The number of hydrogen-bond donors (Lipinski definition) is 2. The van der Waals surface area contributed by atoms with E-state index in [1.54, 1.807) is 16.9 Å². The molecule has 0 aliphatic rings. The van der Waals surface area contributed by atoms with Gasteiger partial charge in [-0.25, -0.2) is 4.68 Å². The molecule has 0 radical (unpaired) electrons. The molecule has 22 heavy (non-hydrogen) atoms. The smallest absolute Gasteiger partial charge is 0.231 e. The van der Waals surface area contributed by atoms with Crippen molar-refractivity contribution in [3.8, 4) is 5.69 Å². The van der Waals surface area contributed by atoms with E-state index in [0.29, 0.717) is 30.1 Å². The van der Waals surface area contributed by atoms with Gasteiger partial charge in [0.05, 0.1) is 16.1 Å². The number of rotatable bonds is 6. The van der Waals surface area contributed by atoms with E-state index >= 15 is 0 Å². The summed E-state index contributed by atoms with van der Waals surface area (Å²) >= 11 is 6.28. The summed E-state index contributed by atoms with van der Waals surface area (Å²) in [5.74, 6) is -0.0668. The van der Waals surface area contributed by atoms with Gasteiger partial charge in [-0.15, -0.1) is 0 Å². The van der Waals surface area contributed by atoms with Crippen LogP contribution in [0.2, 0.25) is 5.02 Å². The molecule has 0 saturated carbocycles. The Labute approximate surface area is 135 Å². The van der Waals surface area contributed by atoms with E-state index in [4.69, 9.17) is 17.3 Å². The number of anilines is 1. The van der Waals surface area contributed by atoms with Gasteiger partial charge in [-0.1, -0.05) is 25.4 Å². The molecule has 0 aliphatic carbocycles. The molecule has 118 valence electrons. The van der Waals surface area contributed by atoms with Crippen LogP contribution in [0.25, 0.3) is 5.69 Å². The summed E-state index contributed by atoms with van der Waals surface area (Å²) in [5.41, 5.74) is 6.69. The van der Waals surface area contributed by atoms with Crippen molar-refractivity contribution < 1.29 is 4.79 Å². The quantitative estimate of drug-likeness (QED) is 0.858. The number of nitrogens with two attached hydrogens (primary N) is 1. The summed E-state index contributed by atoms with van der Waals surface area (Å²) in [4.78, 5) is 12.5. The highest BCUT2D eigenvalue weighted by molar-refractivity contribution is 6.32. The maximum Gasteiger partial charge on any atom is 0.231 e. The molecule has 0 saturated heterocycles. The second-order valence-corrected chi connectivity index (χ2v) is 5.67. The van der Waals surface area contributed by atoms with Crippen molar-refractivity contribution in [2.24, 2.45) is 11.1 Å². The maximum atomic E-state index is 12.5. The predicted octanol–water partition coefficient (Wildman–Crippen LogP) is 3.23. The predicted molar refractivity (Wildman–Crippen MR) is 89.3 cm³/mol. The van der Waals surface area contributed by atoms with Crippen LogP contribution in [0.5, 0.6) is 0 Å². The number of hydrogen-bond acceptors (Lipinski definition) is 3. The first-order chi connectivity index (χ1) is 10.6. The number of benzene rings is 1. The van der Waals surface area contributed by atoms with Crippen molar-refractivity contribution >= 4 is 23.2 Å². The third-order valence-corrected chi connectivity index (χ3v) is 4.49. The largest absolute Gasteiger partial charge is 0.329 e. The average molecular weight is 321 g/mol. The summed E-state index contributed by atoms with van der Waals surface area (Å²) in [6.45, 7) is 4.28. The lowest BCUT2D eigenvalue weighted by atomic mass is 9.81. The molecule has 5 nitrogen and oxygen atoms in total. The van der Waals surface area contributed by atoms with Gasteiger partial charge in [0.15, 0.2) is 0 Å².